The lowest BCUT2D eigenvalue weighted by Gasteiger charge is -2.23. The van der Waals surface area contributed by atoms with Crippen molar-refractivity contribution in [3.8, 4) is 0 Å². The molecule has 14 heavy (non-hydrogen) atoms. The molecule has 0 radical (unpaired) electrons. The number of aliphatic hydroxyl groups excluding tert-OH is 1. The number of hydrogen-bond acceptors (Lipinski definition) is 3. The van der Waals surface area contributed by atoms with Gasteiger partial charge in [0.15, 0.2) is 0 Å². The molecule has 3 N–H and O–H groups in total. The smallest absolute Gasteiger partial charge is 0.125 e. The molecule has 1 aromatic carbocycles. The number of rotatable bonds is 4. The van der Waals surface area contributed by atoms with E-state index in [1.807, 2.05) is 11.8 Å². The number of hydrogen-bond donors (Lipinski definition) is 2. The summed E-state index contributed by atoms with van der Waals surface area (Å²) in [4.78, 5) is 1.83. The minimum Gasteiger partial charge on any atom is -0.397 e. The predicted molar refractivity (Wildman–Crippen MR) is 55.8 cm³/mol. The summed E-state index contributed by atoms with van der Waals surface area (Å²) in [6.45, 7) is 3.11. The first kappa shape index (κ1) is 10.8. The highest BCUT2D eigenvalue weighted by atomic mass is 19.1. The van der Waals surface area contributed by atoms with E-state index in [1.54, 1.807) is 0 Å². The number of nitrogens with two attached hydrogens (primary N) is 1. The lowest BCUT2D eigenvalue weighted by molar-refractivity contribution is 0.302. The summed E-state index contributed by atoms with van der Waals surface area (Å²) in [5, 5.41) is 8.81. The van der Waals surface area contributed by atoms with Crippen LogP contribution >= 0.6 is 0 Å². The number of likely N-dealkylation sites (N-methyl/N-ethyl adjacent to an activating group) is 1. The maximum atomic E-state index is 12.9. The highest BCUT2D eigenvalue weighted by Crippen LogP contribution is 2.23. The van der Waals surface area contributed by atoms with Crippen molar-refractivity contribution in [1.82, 2.24) is 0 Å². The molecule has 0 saturated heterocycles. The molecule has 1 aromatic rings. The van der Waals surface area contributed by atoms with E-state index in [0.717, 1.165) is 0 Å². The summed E-state index contributed by atoms with van der Waals surface area (Å²) >= 11 is 0. The van der Waals surface area contributed by atoms with E-state index in [-0.39, 0.29) is 12.4 Å². The third-order valence-corrected chi connectivity index (χ3v) is 2.08. The maximum absolute atomic E-state index is 12.9. The van der Waals surface area contributed by atoms with E-state index < -0.39 is 0 Å². The van der Waals surface area contributed by atoms with Gasteiger partial charge in [0.2, 0.25) is 0 Å². The minimum atomic E-state index is -0.314. The Bertz CT molecular complexity index is 304. The first-order chi connectivity index (χ1) is 6.69. The molecule has 0 aromatic heterocycles. The molecule has 0 aliphatic heterocycles. The lowest BCUT2D eigenvalue weighted by atomic mass is 10.2. The van der Waals surface area contributed by atoms with Gasteiger partial charge in [-0.3, -0.25) is 0 Å². The number of benzene rings is 1. The number of halogens is 1. The van der Waals surface area contributed by atoms with Crippen molar-refractivity contribution in [2.24, 2.45) is 0 Å². The highest BCUT2D eigenvalue weighted by Gasteiger charge is 2.08. The summed E-state index contributed by atoms with van der Waals surface area (Å²) in [6.07, 6.45) is 0. The van der Waals surface area contributed by atoms with Crippen LogP contribution in [0.3, 0.4) is 0 Å². The van der Waals surface area contributed by atoms with Gasteiger partial charge in [0.1, 0.15) is 5.82 Å². The third-order valence-electron chi connectivity index (χ3n) is 2.08. The van der Waals surface area contributed by atoms with Crippen LogP contribution in [0.1, 0.15) is 6.92 Å². The van der Waals surface area contributed by atoms with Gasteiger partial charge < -0.3 is 15.7 Å². The zero-order valence-electron chi connectivity index (χ0n) is 8.20. The Labute approximate surface area is 83.0 Å². The van der Waals surface area contributed by atoms with Crippen molar-refractivity contribution in [1.29, 1.82) is 0 Å². The molecule has 0 unspecified atom stereocenters. The normalized spacial score (nSPS) is 10.2. The fourth-order valence-corrected chi connectivity index (χ4v) is 1.36. The van der Waals surface area contributed by atoms with Crippen molar-refractivity contribution < 1.29 is 9.50 Å². The molecule has 4 heteroatoms. The van der Waals surface area contributed by atoms with Crippen molar-refractivity contribution in [3.63, 3.8) is 0 Å². The van der Waals surface area contributed by atoms with E-state index in [1.165, 1.54) is 18.2 Å². The average molecular weight is 198 g/mol. The molecule has 78 valence electrons. The van der Waals surface area contributed by atoms with Gasteiger partial charge in [0, 0.05) is 13.1 Å². The second-order valence-corrected chi connectivity index (χ2v) is 3.01. The molecular formula is C10H15FN2O. The fourth-order valence-electron chi connectivity index (χ4n) is 1.36. The van der Waals surface area contributed by atoms with E-state index in [4.69, 9.17) is 10.8 Å². The average Bonchev–Trinajstić information content (AvgIpc) is 2.18. The van der Waals surface area contributed by atoms with Crippen LogP contribution in [0.2, 0.25) is 0 Å². The summed E-state index contributed by atoms with van der Waals surface area (Å²) in [5.74, 6) is -0.314. The van der Waals surface area contributed by atoms with Crippen molar-refractivity contribution in [2.45, 2.75) is 6.92 Å². The Morgan fingerprint density at radius 2 is 2.21 bits per heavy atom. The second-order valence-electron chi connectivity index (χ2n) is 3.01. The van der Waals surface area contributed by atoms with Crippen LogP contribution in [0.4, 0.5) is 15.8 Å². The van der Waals surface area contributed by atoms with Crippen LogP contribution < -0.4 is 10.6 Å². The van der Waals surface area contributed by atoms with Crippen LogP contribution in [0, 0.1) is 5.82 Å². The largest absolute Gasteiger partial charge is 0.397 e. The molecular weight excluding hydrogens is 183 g/mol. The fraction of sp³-hybridized carbons (Fsp3) is 0.400. The molecule has 1 rings (SSSR count). The molecule has 0 spiro atoms. The van der Waals surface area contributed by atoms with Gasteiger partial charge in [-0.25, -0.2) is 4.39 Å². The summed E-state index contributed by atoms with van der Waals surface area (Å²) in [5.41, 5.74) is 6.88. The zero-order chi connectivity index (χ0) is 10.6. The second kappa shape index (κ2) is 4.81. The van der Waals surface area contributed by atoms with Crippen LogP contribution in [0.5, 0.6) is 0 Å². The monoisotopic (exact) mass is 198 g/mol. The standard InChI is InChI=1S/C10H15FN2O/c1-2-13(5-6-14)10-7-8(11)3-4-9(10)12/h3-4,7,14H,2,5-6,12H2,1H3. The van der Waals surface area contributed by atoms with Gasteiger partial charge in [-0.05, 0) is 25.1 Å². The molecule has 0 heterocycles. The Kier molecular flexibility index (Phi) is 3.71. The summed E-state index contributed by atoms with van der Waals surface area (Å²) in [6, 6.07) is 4.24. The number of nitrogens with zero attached hydrogens (tertiary/aromatic N) is 1. The SMILES string of the molecule is CCN(CCO)c1cc(F)ccc1N. The molecule has 0 atom stereocenters. The molecule has 0 aliphatic rings. The number of anilines is 2. The quantitative estimate of drug-likeness (QED) is 0.715. The molecule has 0 fully saturated rings. The summed E-state index contributed by atoms with van der Waals surface area (Å²) in [7, 11) is 0. The van der Waals surface area contributed by atoms with E-state index >= 15 is 0 Å². The molecule has 3 nitrogen and oxygen atoms in total. The Morgan fingerprint density at radius 3 is 2.79 bits per heavy atom. The topological polar surface area (TPSA) is 49.5 Å². The zero-order valence-corrected chi connectivity index (χ0v) is 8.20. The molecule has 0 bridgehead atoms. The third kappa shape index (κ3) is 2.35. The van der Waals surface area contributed by atoms with Gasteiger partial charge >= 0.3 is 0 Å². The lowest BCUT2D eigenvalue weighted by Crippen LogP contribution is -2.27. The van der Waals surface area contributed by atoms with Crippen molar-refractivity contribution in [2.75, 3.05) is 30.3 Å². The Hall–Kier alpha value is -1.29. The van der Waals surface area contributed by atoms with Crippen molar-refractivity contribution in [3.05, 3.63) is 24.0 Å². The first-order valence-electron chi connectivity index (χ1n) is 4.60. The predicted octanol–water partition coefficient (Wildman–Crippen LogP) is 1.23. The van der Waals surface area contributed by atoms with Gasteiger partial charge in [-0.1, -0.05) is 0 Å². The molecule has 0 amide bonds. The van der Waals surface area contributed by atoms with Crippen LogP contribution in [-0.4, -0.2) is 24.8 Å². The summed E-state index contributed by atoms with van der Waals surface area (Å²) < 4.78 is 12.9. The van der Waals surface area contributed by atoms with E-state index in [9.17, 15) is 4.39 Å². The van der Waals surface area contributed by atoms with Gasteiger partial charge in [-0.2, -0.15) is 0 Å². The highest BCUT2D eigenvalue weighted by molar-refractivity contribution is 5.67. The van der Waals surface area contributed by atoms with Gasteiger partial charge in [-0.15, -0.1) is 0 Å². The molecule has 0 saturated carbocycles. The van der Waals surface area contributed by atoms with Gasteiger partial charge in [0.25, 0.3) is 0 Å². The minimum absolute atomic E-state index is 0.0315. The molecule has 0 aliphatic carbocycles. The number of aliphatic hydroxyl groups is 1. The Morgan fingerprint density at radius 1 is 1.50 bits per heavy atom. The van der Waals surface area contributed by atoms with Crippen LogP contribution in [-0.2, 0) is 0 Å². The van der Waals surface area contributed by atoms with Crippen molar-refractivity contribution >= 4 is 11.4 Å². The maximum Gasteiger partial charge on any atom is 0.125 e. The first-order valence-corrected chi connectivity index (χ1v) is 4.60. The number of nitrogen functional groups attached to an aromatic ring is 1. The Balaban J connectivity index is 2.96. The van der Waals surface area contributed by atoms with Gasteiger partial charge in [0.05, 0.1) is 18.0 Å². The van der Waals surface area contributed by atoms with Crippen LogP contribution in [0.15, 0.2) is 18.2 Å². The van der Waals surface area contributed by atoms with Crippen LogP contribution in [0.25, 0.3) is 0 Å². The van der Waals surface area contributed by atoms with E-state index in [0.29, 0.717) is 24.5 Å². The van der Waals surface area contributed by atoms with E-state index in [2.05, 4.69) is 0 Å².